The van der Waals surface area contributed by atoms with Crippen LogP contribution in [0.3, 0.4) is 0 Å². The molecule has 0 aliphatic heterocycles. The largest absolute Gasteiger partial charge is 0.478 e. The lowest BCUT2D eigenvalue weighted by Gasteiger charge is -2.57. The van der Waals surface area contributed by atoms with Crippen molar-refractivity contribution < 1.29 is 9.90 Å². The summed E-state index contributed by atoms with van der Waals surface area (Å²) in [6, 6.07) is 9.80. The molecule has 4 fully saturated rings. The summed E-state index contributed by atoms with van der Waals surface area (Å²) < 4.78 is 1.94. The number of nitrogens with one attached hydrogen (secondary N) is 1. The van der Waals surface area contributed by atoms with Crippen molar-refractivity contribution in [2.24, 2.45) is 17.8 Å². The molecule has 4 aliphatic rings. The summed E-state index contributed by atoms with van der Waals surface area (Å²) >= 11 is 6.79. The van der Waals surface area contributed by atoms with E-state index in [4.69, 9.17) is 11.6 Å². The summed E-state index contributed by atoms with van der Waals surface area (Å²) in [6.07, 6.45) is 13.4. The van der Waals surface area contributed by atoms with Crippen LogP contribution in [0.5, 0.6) is 0 Å². The van der Waals surface area contributed by atoms with Crippen LogP contribution in [0.2, 0.25) is 5.02 Å². The molecule has 7 heteroatoms. The topological polar surface area (TPSA) is 80.0 Å². The molecule has 2 heterocycles. The maximum absolute atomic E-state index is 11.4. The fourth-order valence-corrected chi connectivity index (χ4v) is 7.22. The number of carboxylic acid groups (broad SMARTS) is 1. The number of carboxylic acids is 1. The van der Waals surface area contributed by atoms with E-state index in [-0.39, 0.29) is 11.4 Å². The van der Waals surface area contributed by atoms with E-state index < -0.39 is 5.97 Å². The molecule has 0 saturated heterocycles. The highest BCUT2D eigenvalue weighted by atomic mass is 35.5. The Balaban J connectivity index is 1.19. The number of benzene rings is 1. The standard InChI is InChI=1S/C26H27ClN4O2/c27-22-9-20(26-10-16-6-17(11-26)8-18(7-16)12-26)4-3-19(22)13-31-14-23(29-15-31)30-24-21(25(32)33)2-1-5-28-24/h1-5,9,14-18H,6-8,10-13H2,(H,28,30)(H,32,33). The van der Waals surface area contributed by atoms with Crippen LogP contribution in [-0.2, 0) is 12.0 Å². The van der Waals surface area contributed by atoms with Gasteiger partial charge in [-0.25, -0.2) is 14.8 Å². The van der Waals surface area contributed by atoms with E-state index >= 15 is 0 Å². The SMILES string of the molecule is O=C(O)c1cccnc1Nc1cn(Cc2ccc(C34CC5CC(CC(C5)C3)C4)cc2Cl)cn1. The van der Waals surface area contributed by atoms with Gasteiger partial charge < -0.3 is 15.0 Å². The summed E-state index contributed by atoms with van der Waals surface area (Å²) in [6.45, 7) is 0.600. The maximum Gasteiger partial charge on any atom is 0.339 e. The molecular formula is C26H27ClN4O2. The normalized spacial score (nSPS) is 27.6. The molecule has 170 valence electrons. The Morgan fingerprint density at radius 2 is 1.85 bits per heavy atom. The molecule has 33 heavy (non-hydrogen) atoms. The molecule has 0 radical (unpaired) electrons. The van der Waals surface area contributed by atoms with Crippen molar-refractivity contribution >= 4 is 29.2 Å². The van der Waals surface area contributed by atoms with Crippen molar-refractivity contribution in [2.45, 2.75) is 50.5 Å². The van der Waals surface area contributed by atoms with Gasteiger partial charge in [0.1, 0.15) is 17.2 Å². The van der Waals surface area contributed by atoms with Gasteiger partial charge in [0, 0.05) is 17.4 Å². The van der Waals surface area contributed by atoms with E-state index in [0.717, 1.165) is 28.3 Å². The van der Waals surface area contributed by atoms with Crippen molar-refractivity contribution in [1.82, 2.24) is 14.5 Å². The van der Waals surface area contributed by atoms with Crippen molar-refractivity contribution in [2.75, 3.05) is 5.32 Å². The molecule has 4 aliphatic carbocycles. The maximum atomic E-state index is 11.4. The molecule has 4 bridgehead atoms. The minimum absolute atomic E-state index is 0.107. The molecule has 6 nitrogen and oxygen atoms in total. The van der Waals surface area contributed by atoms with Crippen LogP contribution in [-0.4, -0.2) is 25.6 Å². The van der Waals surface area contributed by atoms with E-state index in [1.54, 1.807) is 18.6 Å². The second kappa shape index (κ2) is 7.87. The molecule has 0 spiro atoms. The zero-order valence-electron chi connectivity index (χ0n) is 18.4. The summed E-state index contributed by atoms with van der Waals surface area (Å²) in [5, 5.41) is 13.2. The van der Waals surface area contributed by atoms with Gasteiger partial charge in [0.2, 0.25) is 0 Å². The number of pyridine rings is 1. The number of hydrogen-bond donors (Lipinski definition) is 2. The highest BCUT2D eigenvalue weighted by Crippen LogP contribution is 2.60. The van der Waals surface area contributed by atoms with Gasteiger partial charge in [0.15, 0.2) is 0 Å². The number of hydrogen-bond acceptors (Lipinski definition) is 4. The van der Waals surface area contributed by atoms with Crippen LogP contribution in [0, 0.1) is 17.8 Å². The molecule has 2 N–H and O–H groups in total. The Morgan fingerprint density at radius 3 is 2.52 bits per heavy atom. The van der Waals surface area contributed by atoms with Gasteiger partial charge in [-0.05, 0) is 91.0 Å². The number of imidazole rings is 1. The zero-order valence-corrected chi connectivity index (χ0v) is 19.1. The Labute approximate surface area is 198 Å². The lowest BCUT2D eigenvalue weighted by molar-refractivity contribution is -0.00519. The monoisotopic (exact) mass is 462 g/mol. The van der Waals surface area contributed by atoms with Gasteiger partial charge in [-0.3, -0.25) is 0 Å². The van der Waals surface area contributed by atoms with Gasteiger partial charge in [-0.1, -0.05) is 23.7 Å². The van der Waals surface area contributed by atoms with Crippen LogP contribution in [0.15, 0.2) is 49.1 Å². The second-order valence-corrected chi connectivity index (χ2v) is 10.7. The number of rotatable bonds is 6. The molecule has 7 rings (SSSR count). The van der Waals surface area contributed by atoms with E-state index in [9.17, 15) is 9.90 Å². The molecule has 3 aromatic rings. The van der Waals surface area contributed by atoms with E-state index in [0.29, 0.717) is 17.8 Å². The number of anilines is 2. The first-order chi connectivity index (χ1) is 16.0. The summed E-state index contributed by atoms with van der Waals surface area (Å²) in [4.78, 5) is 19.9. The first kappa shape index (κ1) is 20.7. The minimum atomic E-state index is -1.03. The lowest BCUT2D eigenvalue weighted by atomic mass is 9.48. The molecule has 0 atom stereocenters. The average Bonchev–Trinajstić information content (AvgIpc) is 3.21. The number of halogens is 1. The molecule has 4 saturated carbocycles. The van der Waals surface area contributed by atoms with Gasteiger partial charge in [0.05, 0.1) is 12.9 Å². The lowest BCUT2D eigenvalue weighted by Crippen LogP contribution is -2.48. The Kier molecular flexibility index (Phi) is 4.94. The van der Waals surface area contributed by atoms with Crippen LogP contribution < -0.4 is 5.32 Å². The van der Waals surface area contributed by atoms with E-state index in [1.807, 2.05) is 10.8 Å². The minimum Gasteiger partial charge on any atom is -0.478 e. The van der Waals surface area contributed by atoms with Crippen LogP contribution in [0.1, 0.15) is 60.0 Å². The summed E-state index contributed by atoms with van der Waals surface area (Å²) in [7, 11) is 0. The molecule has 2 aromatic heterocycles. The van der Waals surface area contributed by atoms with Crippen LogP contribution in [0.25, 0.3) is 0 Å². The smallest absolute Gasteiger partial charge is 0.339 e. The predicted molar refractivity (Wildman–Crippen MR) is 127 cm³/mol. The van der Waals surface area contributed by atoms with Gasteiger partial charge >= 0.3 is 5.97 Å². The van der Waals surface area contributed by atoms with Gasteiger partial charge in [0.25, 0.3) is 0 Å². The third kappa shape index (κ3) is 3.80. The van der Waals surface area contributed by atoms with E-state index in [2.05, 4.69) is 33.5 Å². The quantitative estimate of drug-likeness (QED) is 0.477. The molecule has 0 unspecified atom stereocenters. The van der Waals surface area contributed by atoms with E-state index in [1.165, 1.54) is 50.2 Å². The fraction of sp³-hybridized carbons (Fsp3) is 0.423. The first-order valence-corrected chi connectivity index (χ1v) is 12.1. The third-order valence-electron chi connectivity index (χ3n) is 7.97. The van der Waals surface area contributed by atoms with Crippen LogP contribution in [0.4, 0.5) is 11.6 Å². The predicted octanol–water partition coefficient (Wildman–Crippen LogP) is 5.89. The Bertz CT molecular complexity index is 1190. The van der Waals surface area contributed by atoms with Gasteiger partial charge in [-0.15, -0.1) is 0 Å². The highest BCUT2D eigenvalue weighted by molar-refractivity contribution is 6.31. The average molecular weight is 463 g/mol. The van der Waals surface area contributed by atoms with Crippen LogP contribution >= 0.6 is 11.6 Å². The number of nitrogens with zero attached hydrogens (tertiary/aromatic N) is 3. The van der Waals surface area contributed by atoms with Gasteiger partial charge in [-0.2, -0.15) is 0 Å². The van der Waals surface area contributed by atoms with Crippen molar-refractivity contribution in [1.29, 1.82) is 0 Å². The molecule has 1 aromatic carbocycles. The van der Waals surface area contributed by atoms with Crippen molar-refractivity contribution in [3.63, 3.8) is 0 Å². The molecular weight excluding hydrogens is 436 g/mol. The Hall–Kier alpha value is -2.86. The third-order valence-corrected chi connectivity index (χ3v) is 8.33. The fourth-order valence-electron chi connectivity index (χ4n) is 6.98. The van der Waals surface area contributed by atoms with Crippen molar-refractivity contribution in [3.05, 3.63) is 70.8 Å². The number of aromatic carboxylic acids is 1. The Morgan fingerprint density at radius 1 is 1.12 bits per heavy atom. The summed E-state index contributed by atoms with van der Waals surface area (Å²) in [5.41, 5.74) is 2.93. The first-order valence-electron chi connectivity index (χ1n) is 11.7. The zero-order chi connectivity index (χ0) is 22.6. The highest BCUT2D eigenvalue weighted by Gasteiger charge is 2.51. The molecule has 0 amide bonds. The van der Waals surface area contributed by atoms with Crippen molar-refractivity contribution in [3.8, 4) is 0 Å². The summed E-state index contributed by atoms with van der Waals surface area (Å²) in [5.74, 6) is 2.51. The number of aromatic nitrogens is 3. The second-order valence-electron chi connectivity index (χ2n) is 10.3. The number of carbonyl (C=O) groups is 1.